The van der Waals surface area contributed by atoms with Crippen LogP contribution in [0.5, 0.6) is 5.75 Å². The van der Waals surface area contributed by atoms with Crippen LogP contribution in [0.4, 0.5) is 5.82 Å². The van der Waals surface area contributed by atoms with Gasteiger partial charge in [0.1, 0.15) is 17.7 Å². The highest BCUT2D eigenvalue weighted by Crippen LogP contribution is 2.41. The van der Waals surface area contributed by atoms with Crippen molar-refractivity contribution in [2.24, 2.45) is 5.84 Å². The van der Waals surface area contributed by atoms with Gasteiger partial charge in [-0.2, -0.15) is 0 Å². The van der Waals surface area contributed by atoms with Crippen molar-refractivity contribution in [3.63, 3.8) is 0 Å². The van der Waals surface area contributed by atoms with Gasteiger partial charge < -0.3 is 15.5 Å². The molecule has 1 amide bonds. The number of hydrogen-bond donors (Lipinski definition) is 3. The Bertz CT molecular complexity index is 1190. The summed E-state index contributed by atoms with van der Waals surface area (Å²) in [7, 11) is 0. The summed E-state index contributed by atoms with van der Waals surface area (Å²) in [6, 6.07) is 11.1. The van der Waals surface area contributed by atoms with Crippen LogP contribution in [-0.2, 0) is 11.2 Å². The number of nitrogens with two attached hydrogens (primary N) is 1. The maximum Gasteiger partial charge on any atom is 0.244 e. The van der Waals surface area contributed by atoms with Crippen LogP contribution in [-0.4, -0.2) is 29.3 Å². The number of anilines is 1. The van der Waals surface area contributed by atoms with Crippen LogP contribution in [0.3, 0.4) is 0 Å². The van der Waals surface area contributed by atoms with Crippen LogP contribution in [0.25, 0.3) is 16.5 Å². The molecular formula is C23H21ClN4O3S. The van der Waals surface area contributed by atoms with E-state index in [-0.39, 0.29) is 17.8 Å². The molecule has 1 atom stereocenters. The van der Waals surface area contributed by atoms with E-state index in [0.717, 1.165) is 21.6 Å². The quantitative estimate of drug-likeness (QED) is 0.209. The minimum atomic E-state index is -0.229. The molecular weight excluding hydrogens is 448 g/mol. The van der Waals surface area contributed by atoms with Crippen LogP contribution in [0.15, 0.2) is 48.7 Å². The number of amides is 1. The standard InChI is InChI=1S/C23H21ClN4O3S/c1-13(29)19-4-5-20(32-19)15-8-16-9-17(31-23(16)18(24)10-15)12-27-22(30)7-3-14-2-6-21(28-25)26-11-14/h2-8,10-11,17H,9,12,25H2,1H3,(H,26,28)(H,27,30). The Morgan fingerprint density at radius 2 is 2.16 bits per heavy atom. The van der Waals surface area contributed by atoms with Crippen molar-refractivity contribution in [1.29, 1.82) is 0 Å². The lowest BCUT2D eigenvalue weighted by molar-refractivity contribution is -0.116. The fourth-order valence-electron chi connectivity index (χ4n) is 3.36. The molecule has 4 N–H and O–H groups in total. The molecule has 0 fully saturated rings. The van der Waals surface area contributed by atoms with E-state index in [1.165, 1.54) is 17.4 Å². The summed E-state index contributed by atoms with van der Waals surface area (Å²) in [6.45, 7) is 1.91. The zero-order chi connectivity index (χ0) is 22.7. The number of aromatic nitrogens is 1. The molecule has 0 saturated carbocycles. The van der Waals surface area contributed by atoms with Gasteiger partial charge >= 0.3 is 0 Å². The zero-order valence-corrected chi connectivity index (χ0v) is 18.8. The molecule has 0 radical (unpaired) electrons. The largest absolute Gasteiger partial charge is 0.486 e. The molecule has 3 heterocycles. The van der Waals surface area contributed by atoms with E-state index in [1.807, 2.05) is 24.3 Å². The van der Waals surface area contributed by atoms with Crippen molar-refractivity contribution in [2.45, 2.75) is 19.4 Å². The Hall–Kier alpha value is -3.20. The first-order valence-electron chi connectivity index (χ1n) is 9.91. The number of carbonyl (C=O) groups excluding carboxylic acids is 2. The summed E-state index contributed by atoms with van der Waals surface area (Å²) >= 11 is 7.90. The van der Waals surface area contributed by atoms with Crippen LogP contribution in [0.2, 0.25) is 5.02 Å². The number of ether oxygens (including phenoxy) is 1. The Morgan fingerprint density at radius 3 is 2.84 bits per heavy atom. The second-order valence-electron chi connectivity index (χ2n) is 7.31. The number of benzene rings is 1. The van der Waals surface area contributed by atoms with Gasteiger partial charge in [0, 0.05) is 29.1 Å². The van der Waals surface area contributed by atoms with E-state index in [4.69, 9.17) is 22.2 Å². The average molecular weight is 469 g/mol. The van der Waals surface area contributed by atoms with Crippen LogP contribution >= 0.6 is 22.9 Å². The predicted molar refractivity (Wildman–Crippen MR) is 127 cm³/mol. The van der Waals surface area contributed by atoms with Crippen molar-refractivity contribution in [3.05, 3.63) is 69.7 Å². The second-order valence-corrected chi connectivity index (χ2v) is 8.80. The highest BCUT2D eigenvalue weighted by atomic mass is 35.5. The normalized spacial score (nSPS) is 14.8. The predicted octanol–water partition coefficient (Wildman–Crippen LogP) is 4.08. The van der Waals surface area contributed by atoms with Crippen molar-refractivity contribution in [3.8, 4) is 16.2 Å². The molecule has 0 spiro atoms. The fraction of sp³-hybridized carbons (Fsp3) is 0.174. The number of nitrogen functional groups attached to an aromatic ring is 1. The Balaban J connectivity index is 1.36. The number of carbonyl (C=O) groups is 2. The summed E-state index contributed by atoms with van der Waals surface area (Å²) in [4.78, 5) is 29.5. The average Bonchev–Trinajstić information content (AvgIpc) is 3.44. The summed E-state index contributed by atoms with van der Waals surface area (Å²) in [5, 5.41) is 3.37. The molecule has 1 aromatic carbocycles. The van der Waals surface area contributed by atoms with Gasteiger partial charge in [-0.05, 0) is 60.5 Å². The molecule has 0 aliphatic carbocycles. The van der Waals surface area contributed by atoms with Crippen molar-refractivity contribution in [2.75, 3.05) is 12.0 Å². The number of rotatable bonds is 7. The summed E-state index contributed by atoms with van der Waals surface area (Å²) in [5.74, 6) is 6.29. The van der Waals surface area contributed by atoms with Crippen molar-refractivity contribution in [1.82, 2.24) is 10.3 Å². The number of nitrogens with zero attached hydrogens (tertiary/aromatic N) is 1. The van der Waals surface area contributed by atoms with E-state index < -0.39 is 0 Å². The number of thiophene rings is 1. The molecule has 9 heteroatoms. The van der Waals surface area contributed by atoms with Gasteiger partial charge in [-0.3, -0.25) is 9.59 Å². The molecule has 4 rings (SSSR count). The number of halogens is 1. The van der Waals surface area contributed by atoms with E-state index in [0.29, 0.717) is 34.4 Å². The topological polar surface area (TPSA) is 106 Å². The fourth-order valence-corrected chi connectivity index (χ4v) is 4.53. The number of fused-ring (bicyclic) bond motifs is 1. The summed E-state index contributed by atoms with van der Waals surface area (Å²) in [5.41, 5.74) is 5.17. The van der Waals surface area contributed by atoms with Gasteiger partial charge in [0.2, 0.25) is 5.91 Å². The zero-order valence-electron chi connectivity index (χ0n) is 17.2. The molecule has 0 saturated heterocycles. The summed E-state index contributed by atoms with van der Waals surface area (Å²) < 4.78 is 5.96. The lowest BCUT2D eigenvalue weighted by atomic mass is 10.1. The molecule has 2 aromatic heterocycles. The van der Waals surface area contributed by atoms with E-state index in [9.17, 15) is 9.59 Å². The molecule has 32 heavy (non-hydrogen) atoms. The first-order chi connectivity index (χ1) is 15.4. The van der Waals surface area contributed by atoms with Gasteiger partial charge in [-0.15, -0.1) is 11.3 Å². The minimum Gasteiger partial charge on any atom is -0.486 e. The van der Waals surface area contributed by atoms with Crippen LogP contribution in [0.1, 0.15) is 27.7 Å². The maximum atomic E-state index is 12.2. The van der Waals surface area contributed by atoms with Crippen LogP contribution in [0, 0.1) is 0 Å². The monoisotopic (exact) mass is 468 g/mol. The van der Waals surface area contributed by atoms with Crippen LogP contribution < -0.4 is 21.3 Å². The highest BCUT2D eigenvalue weighted by Gasteiger charge is 2.26. The Kier molecular flexibility index (Phi) is 6.55. The second kappa shape index (κ2) is 9.52. The Labute approximate surface area is 194 Å². The first kappa shape index (κ1) is 22.0. The SMILES string of the molecule is CC(=O)c1ccc(-c2cc(Cl)c3c(c2)CC(CNC(=O)C=Cc2ccc(NN)nc2)O3)s1. The third kappa shape index (κ3) is 4.99. The van der Waals surface area contributed by atoms with Gasteiger partial charge in [-0.25, -0.2) is 10.8 Å². The van der Waals surface area contributed by atoms with Gasteiger partial charge in [0.15, 0.2) is 5.78 Å². The van der Waals surface area contributed by atoms with Crippen molar-refractivity contribution < 1.29 is 14.3 Å². The first-order valence-corrected chi connectivity index (χ1v) is 11.1. The molecule has 1 unspecified atom stereocenters. The lowest BCUT2D eigenvalue weighted by Gasteiger charge is -2.11. The molecule has 164 valence electrons. The number of hydrogen-bond acceptors (Lipinski definition) is 7. The number of pyridine rings is 1. The van der Waals surface area contributed by atoms with Gasteiger partial charge in [-0.1, -0.05) is 11.6 Å². The third-order valence-electron chi connectivity index (χ3n) is 4.96. The molecule has 3 aromatic rings. The van der Waals surface area contributed by atoms with E-state index in [2.05, 4.69) is 15.7 Å². The number of ketones is 1. The molecule has 1 aliphatic heterocycles. The number of Topliss-reactive ketones (excluding diaryl/α,β-unsaturated/α-hetero) is 1. The third-order valence-corrected chi connectivity index (χ3v) is 6.47. The smallest absolute Gasteiger partial charge is 0.244 e. The highest BCUT2D eigenvalue weighted by molar-refractivity contribution is 7.17. The molecule has 7 nitrogen and oxygen atoms in total. The lowest BCUT2D eigenvalue weighted by Crippen LogP contribution is -2.33. The minimum absolute atomic E-state index is 0.0440. The maximum absolute atomic E-state index is 12.2. The van der Waals surface area contributed by atoms with Crippen molar-refractivity contribution >= 4 is 46.5 Å². The van der Waals surface area contributed by atoms with Gasteiger partial charge in [0.25, 0.3) is 0 Å². The number of nitrogens with one attached hydrogen (secondary N) is 2. The molecule has 0 bridgehead atoms. The number of hydrazine groups is 1. The van der Waals surface area contributed by atoms with Gasteiger partial charge in [0.05, 0.1) is 16.4 Å². The molecule has 1 aliphatic rings. The van der Waals surface area contributed by atoms with E-state index in [1.54, 1.807) is 31.3 Å². The summed E-state index contributed by atoms with van der Waals surface area (Å²) in [6.07, 6.45) is 5.16. The Morgan fingerprint density at radius 1 is 1.31 bits per heavy atom. The van der Waals surface area contributed by atoms with E-state index >= 15 is 0 Å².